The number of benzene rings is 4. The first-order chi connectivity index (χ1) is 17.5. The summed E-state index contributed by atoms with van der Waals surface area (Å²) in [7, 11) is 0. The van der Waals surface area contributed by atoms with Crippen molar-refractivity contribution in [2.24, 2.45) is 0 Å². The molecule has 4 nitrogen and oxygen atoms in total. The first-order valence-electron chi connectivity index (χ1n) is 13.0. The lowest BCUT2D eigenvalue weighted by Crippen LogP contribution is -3.00. The van der Waals surface area contributed by atoms with Crippen molar-refractivity contribution in [3.63, 3.8) is 0 Å². The minimum atomic E-state index is -0.767. The monoisotopic (exact) mass is 490 g/mol. The molecule has 0 bridgehead atoms. The molecule has 0 amide bonds. The fourth-order valence-corrected chi connectivity index (χ4v) is 6.22. The molecule has 2 N–H and O–H groups in total. The van der Waals surface area contributed by atoms with Gasteiger partial charge in [-0.1, -0.05) is 96.1 Å². The quantitative estimate of drug-likeness (QED) is 0.298. The lowest BCUT2D eigenvalue weighted by atomic mass is 9.60. The van der Waals surface area contributed by atoms with Crippen molar-refractivity contribution in [3.8, 4) is 0 Å². The second kappa shape index (κ2) is 7.86. The third-order valence-electron chi connectivity index (χ3n) is 8.22. The van der Waals surface area contributed by atoms with Gasteiger partial charge < -0.3 is 20.5 Å². The highest BCUT2D eigenvalue weighted by atomic mass is 16.5. The number of quaternary nitrogens is 2. The highest BCUT2D eigenvalue weighted by Crippen LogP contribution is 2.56. The zero-order chi connectivity index (χ0) is 26.3. The van der Waals surface area contributed by atoms with Gasteiger partial charge in [0.2, 0.25) is 0 Å². The molecular weight excluding hydrogens is 456 g/mol. The van der Waals surface area contributed by atoms with Gasteiger partial charge in [-0.15, -0.1) is 0 Å². The summed E-state index contributed by atoms with van der Waals surface area (Å²) >= 11 is 0. The average molecular weight is 491 g/mol. The third-order valence-corrected chi connectivity index (χ3v) is 8.22. The fraction of sp³-hybridized carbons (Fsp3) is 0.273. The van der Waals surface area contributed by atoms with Gasteiger partial charge in [0.15, 0.2) is 0 Å². The Balaban J connectivity index is 1.82. The highest BCUT2D eigenvalue weighted by molar-refractivity contribution is 5.79. The number of rotatable bonds is 0. The molecular formula is C33H34N2O2. The number of nitrogens with one attached hydrogen (secondary N) is 2. The van der Waals surface area contributed by atoms with Crippen molar-refractivity contribution in [1.29, 1.82) is 0 Å². The number of hydrogen-bond acceptors (Lipinski definition) is 2. The molecule has 0 fully saturated rings. The topological polar surface area (TPSA) is 55.0 Å². The molecule has 4 heteroatoms. The molecule has 1 spiro atoms. The standard InChI is InChI=1S/C33H34N2O2/c1-31(2,3)21-16-18-29-26(19-21)33(25-17-15-22(32(4,5)6)20-30(25)35(29)37)23-11-7-9-13-27(23)34(36)28-14-10-8-12-24(28)33/h7-20,34-35H,1-6H3. The fourth-order valence-electron chi connectivity index (χ4n) is 6.22. The van der Waals surface area contributed by atoms with Gasteiger partial charge in [0, 0.05) is 46.5 Å². The molecule has 0 saturated carbocycles. The number of fused-ring (bicyclic) bond motifs is 8. The van der Waals surface area contributed by atoms with Gasteiger partial charge in [0.25, 0.3) is 0 Å². The van der Waals surface area contributed by atoms with Crippen LogP contribution in [-0.2, 0) is 16.2 Å². The first kappa shape index (κ1) is 24.1. The molecule has 2 aliphatic heterocycles. The second-order valence-electron chi connectivity index (χ2n) is 12.5. The normalized spacial score (nSPS) is 22.2. The molecule has 1 atom stereocenters. The maximum Gasteiger partial charge on any atom is 0.141 e. The summed E-state index contributed by atoms with van der Waals surface area (Å²) < 4.78 is 0. The van der Waals surface area contributed by atoms with Gasteiger partial charge in [-0.05, 0) is 28.0 Å². The van der Waals surface area contributed by atoms with Crippen molar-refractivity contribution in [1.82, 2.24) is 0 Å². The van der Waals surface area contributed by atoms with Crippen molar-refractivity contribution >= 4 is 22.7 Å². The Morgan fingerprint density at radius 2 is 0.919 bits per heavy atom. The summed E-state index contributed by atoms with van der Waals surface area (Å²) in [6.45, 7) is 13.1. The number of para-hydroxylation sites is 2. The van der Waals surface area contributed by atoms with E-state index in [-0.39, 0.29) is 21.0 Å². The molecule has 1 unspecified atom stereocenters. The van der Waals surface area contributed by atoms with Crippen LogP contribution in [0.25, 0.3) is 0 Å². The van der Waals surface area contributed by atoms with Gasteiger partial charge >= 0.3 is 0 Å². The molecule has 0 saturated heterocycles. The van der Waals surface area contributed by atoms with Crippen molar-refractivity contribution < 1.29 is 10.1 Å². The van der Waals surface area contributed by atoms with E-state index in [1.165, 1.54) is 5.56 Å². The lowest BCUT2D eigenvalue weighted by molar-refractivity contribution is -0.703. The van der Waals surface area contributed by atoms with Crippen LogP contribution >= 0.6 is 0 Å². The molecule has 4 aromatic carbocycles. The molecule has 0 aromatic heterocycles. The largest absolute Gasteiger partial charge is 0.623 e. The van der Waals surface area contributed by atoms with E-state index in [2.05, 4.69) is 84.0 Å². The molecule has 4 aromatic rings. The Morgan fingerprint density at radius 3 is 1.49 bits per heavy atom. The first-order valence-corrected chi connectivity index (χ1v) is 13.0. The maximum atomic E-state index is 14.2. The van der Waals surface area contributed by atoms with Crippen LogP contribution in [-0.4, -0.2) is 0 Å². The molecule has 188 valence electrons. The van der Waals surface area contributed by atoms with Gasteiger partial charge in [0.05, 0.1) is 5.41 Å². The van der Waals surface area contributed by atoms with E-state index in [9.17, 15) is 10.4 Å². The predicted molar refractivity (Wildman–Crippen MR) is 149 cm³/mol. The Hall–Kier alpha value is -3.28. The summed E-state index contributed by atoms with van der Waals surface area (Å²) in [5.74, 6) is 0. The summed E-state index contributed by atoms with van der Waals surface area (Å²) in [6.07, 6.45) is 0. The minimum Gasteiger partial charge on any atom is -0.623 e. The lowest BCUT2D eigenvalue weighted by Gasteiger charge is -2.48. The molecule has 2 heterocycles. The van der Waals surface area contributed by atoms with E-state index in [1.807, 2.05) is 42.5 Å². The van der Waals surface area contributed by atoms with Crippen molar-refractivity contribution in [3.05, 3.63) is 129 Å². The molecule has 0 aliphatic carbocycles. The zero-order valence-corrected chi connectivity index (χ0v) is 22.4. The van der Waals surface area contributed by atoms with E-state index < -0.39 is 5.41 Å². The van der Waals surface area contributed by atoms with E-state index in [4.69, 9.17) is 0 Å². The highest BCUT2D eigenvalue weighted by Gasteiger charge is 2.54. The smallest absolute Gasteiger partial charge is 0.141 e. The van der Waals surface area contributed by atoms with E-state index in [0.29, 0.717) is 17.1 Å². The Morgan fingerprint density at radius 1 is 0.486 bits per heavy atom. The van der Waals surface area contributed by atoms with Gasteiger partial charge in [0.1, 0.15) is 22.7 Å². The van der Waals surface area contributed by atoms with Crippen LogP contribution in [0.1, 0.15) is 74.9 Å². The average Bonchev–Trinajstić information content (AvgIpc) is 2.87. The van der Waals surface area contributed by atoms with Crippen LogP contribution in [0.5, 0.6) is 0 Å². The van der Waals surface area contributed by atoms with Gasteiger partial charge in [-0.25, -0.2) is 0 Å². The minimum absolute atomic E-state index is 0.0371. The van der Waals surface area contributed by atoms with Crippen LogP contribution < -0.4 is 10.1 Å². The summed E-state index contributed by atoms with van der Waals surface area (Å²) in [6, 6.07) is 28.6. The van der Waals surface area contributed by atoms with Gasteiger partial charge in [-0.3, -0.25) is 0 Å². The van der Waals surface area contributed by atoms with E-state index >= 15 is 0 Å². The third kappa shape index (κ3) is 3.30. The predicted octanol–water partition coefficient (Wildman–Crippen LogP) is 5.98. The Kier molecular flexibility index (Phi) is 5.11. The molecule has 6 rings (SSSR count). The van der Waals surface area contributed by atoms with E-state index in [1.54, 1.807) is 0 Å². The van der Waals surface area contributed by atoms with Crippen molar-refractivity contribution in [2.45, 2.75) is 57.8 Å². The number of hydrogen-bond donors (Lipinski definition) is 2. The Labute approximate surface area is 219 Å². The van der Waals surface area contributed by atoms with Crippen LogP contribution in [0.2, 0.25) is 0 Å². The van der Waals surface area contributed by atoms with Crippen LogP contribution in [0, 0.1) is 10.4 Å². The summed E-state index contributed by atoms with van der Waals surface area (Å²) in [4.78, 5) is 0. The van der Waals surface area contributed by atoms with E-state index in [0.717, 1.165) is 33.5 Å². The molecule has 37 heavy (non-hydrogen) atoms. The van der Waals surface area contributed by atoms with Gasteiger partial charge in [-0.2, -0.15) is 0 Å². The SMILES string of the molecule is CC(C)(C)c1ccc2c(c1)[NH+]([O-])c1ccc(C(C)(C)C)cc1C21c2ccccc2[NH+]([O-])c2ccccc21. The molecule has 0 radical (unpaired) electrons. The second-order valence-corrected chi connectivity index (χ2v) is 12.5. The summed E-state index contributed by atoms with van der Waals surface area (Å²) in [5, 5.41) is 28.0. The maximum absolute atomic E-state index is 14.2. The summed E-state index contributed by atoms with van der Waals surface area (Å²) in [5.41, 5.74) is 7.98. The van der Waals surface area contributed by atoms with Crippen molar-refractivity contribution in [2.75, 3.05) is 0 Å². The van der Waals surface area contributed by atoms with Crippen LogP contribution in [0.4, 0.5) is 22.7 Å². The van der Waals surface area contributed by atoms with Crippen LogP contribution in [0.3, 0.4) is 0 Å². The van der Waals surface area contributed by atoms with Crippen LogP contribution in [0.15, 0.2) is 84.9 Å². The zero-order valence-electron chi connectivity index (χ0n) is 22.4. The molecule has 2 aliphatic rings. The Bertz CT molecular complexity index is 1490.